The summed E-state index contributed by atoms with van der Waals surface area (Å²) in [6.45, 7) is 2.74. The van der Waals surface area contributed by atoms with Crippen LogP contribution in [0.5, 0.6) is 0 Å². The molecule has 4 aromatic rings. The molecule has 0 bridgehead atoms. The molecule has 0 unspecified atom stereocenters. The van der Waals surface area contributed by atoms with Gasteiger partial charge in [-0.1, -0.05) is 65.3 Å². The number of thiazole rings is 1. The summed E-state index contributed by atoms with van der Waals surface area (Å²) in [4.78, 5) is 21.7. The number of carbonyl (C=O) groups is 1. The van der Waals surface area contributed by atoms with E-state index < -0.39 is 0 Å². The fraction of sp³-hybridized carbons (Fsp3) is 0.182. The highest BCUT2D eigenvalue weighted by Gasteiger charge is 2.10. The second-order valence-corrected chi connectivity index (χ2v) is 7.56. The average molecular weight is 404 g/mol. The Kier molecular flexibility index (Phi) is 5.76. The van der Waals surface area contributed by atoms with Crippen molar-refractivity contribution in [3.05, 3.63) is 88.0 Å². The maximum atomic E-state index is 12.3. The summed E-state index contributed by atoms with van der Waals surface area (Å²) >= 11 is 1.45. The summed E-state index contributed by atoms with van der Waals surface area (Å²) in [7, 11) is 0. The molecular formula is C22H20N4O2S. The molecule has 146 valence electrons. The second kappa shape index (κ2) is 8.79. The van der Waals surface area contributed by atoms with Crippen molar-refractivity contribution in [2.75, 3.05) is 0 Å². The van der Waals surface area contributed by atoms with Gasteiger partial charge in [-0.3, -0.25) is 4.79 Å². The lowest BCUT2D eigenvalue weighted by atomic mass is 10.1. The van der Waals surface area contributed by atoms with Crippen LogP contribution in [-0.2, 0) is 17.8 Å². The van der Waals surface area contributed by atoms with Gasteiger partial charge in [0.1, 0.15) is 0 Å². The normalized spacial score (nSPS) is 11.7. The lowest BCUT2D eigenvalue weighted by Crippen LogP contribution is -2.17. The van der Waals surface area contributed by atoms with E-state index in [-0.39, 0.29) is 12.3 Å². The van der Waals surface area contributed by atoms with Gasteiger partial charge in [0.25, 0.3) is 0 Å². The molecule has 0 aliphatic rings. The smallest absolute Gasteiger partial charge is 0.248 e. The van der Waals surface area contributed by atoms with Gasteiger partial charge >= 0.3 is 0 Å². The molecule has 0 atom stereocenters. The van der Waals surface area contributed by atoms with Crippen molar-refractivity contribution in [2.24, 2.45) is 4.99 Å². The van der Waals surface area contributed by atoms with Gasteiger partial charge in [-0.05, 0) is 12.5 Å². The molecule has 29 heavy (non-hydrogen) atoms. The molecule has 0 saturated carbocycles. The number of nitrogens with zero attached hydrogens (tertiary/aromatic N) is 4. The van der Waals surface area contributed by atoms with Crippen LogP contribution in [0.3, 0.4) is 0 Å². The molecule has 2 aromatic heterocycles. The molecule has 0 N–H and O–H groups in total. The van der Waals surface area contributed by atoms with Crippen molar-refractivity contribution in [1.82, 2.24) is 14.7 Å². The SMILES string of the molecule is Cc1ccc(Cn2ccsc2=NC(=O)CCc2nc(-c3ccccc3)no2)cc1. The third-order valence-electron chi connectivity index (χ3n) is 4.41. The fourth-order valence-electron chi connectivity index (χ4n) is 2.83. The number of amides is 1. The Morgan fingerprint density at radius 2 is 1.93 bits per heavy atom. The fourth-order valence-corrected chi connectivity index (χ4v) is 3.58. The molecule has 1 amide bonds. The van der Waals surface area contributed by atoms with E-state index in [1.807, 2.05) is 46.5 Å². The topological polar surface area (TPSA) is 73.3 Å². The lowest BCUT2D eigenvalue weighted by molar-refractivity contribution is -0.118. The summed E-state index contributed by atoms with van der Waals surface area (Å²) < 4.78 is 7.24. The maximum Gasteiger partial charge on any atom is 0.248 e. The highest BCUT2D eigenvalue weighted by Crippen LogP contribution is 2.15. The van der Waals surface area contributed by atoms with E-state index in [1.165, 1.54) is 22.5 Å². The standard InChI is InChI=1S/C22H20N4O2S/c1-16-7-9-17(10-8-16)15-26-13-14-29-22(26)23-19(27)11-12-20-24-21(25-28-20)18-5-3-2-4-6-18/h2-10,13-14H,11-12,15H2,1H3. The molecule has 4 rings (SSSR count). The first-order valence-corrected chi connectivity index (χ1v) is 10.2. The summed E-state index contributed by atoms with van der Waals surface area (Å²) in [6.07, 6.45) is 2.53. The van der Waals surface area contributed by atoms with Gasteiger partial charge in [-0.2, -0.15) is 9.98 Å². The van der Waals surface area contributed by atoms with Crippen LogP contribution < -0.4 is 4.80 Å². The average Bonchev–Trinajstić information content (AvgIpc) is 3.39. The van der Waals surface area contributed by atoms with Gasteiger partial charge in [0.2, 0.25) is 17.6 Å². The minimum Gasteiger partial charge on any atom is -0.339 e. The number of carbonyl (C=O) groups excluding carboxylic acids is 1. The largest absolute Gasteiger partial charge is 0.339 e. The van der Waals surface area contributed by atoms with Crippen molar-refractivity contribution in [3.8, 4) is 11.4 Å². The van der Waals surface area contributed by atoms with Crippen LogP contribution in [0.4, 0.5) is 0 Å². The van der Waals surface area contributed by atoms with E-state index in [0.29, 0.717) is 29.5 Å². The highest BCUT2D eigenvalue weighted by atomic mass is 32.1. The van der Waals surface area contributed by atoms with Crippen molar-refractivity contribution in [2.45, 2.75) is 26.3 Å². The Bertz CT molecular complexity index is 1160. The van der Waals surface area contributed by atoms with Crippen molar-refractivity contribution < 1.29 is 9.32 Å². The van der Waals surface area contributed by atoms with E-state index >= 15 is 0 Å². The Morgan fingerprint density at radius 3 is 2.72 bits per heavy atom. The summed E-state index contributed by atoms with van der Waals surface area (Å²) in [6, 6.07) is 17.9. The zero-order valence-corrected chi connectivity index (χ0v) is 16.8. The van der Waals surface area contributed by atoms with Crippen LogP contribution in [0, 0.1) is 6.92 Å². The van der Waals surface area contributed by atoms with Crippen molar-refractivity contribution in [3.63, 3.8) is 0 Å². The Hall–Kier alpha value is -3.32. The Morgan fingerprint density at radius 1 is 1.14 bits per heavy atom. The summed E-state index contributed by atoms with van der Waals surface area (Å²) in [5.41, 5.74) is 3.28. The number of hydrogen-bond acceptors (Lipinski definition) is 5. The van der Waals surface area contributed by atoms with Gasteiger partial charge in [0, 0.05) is 36.5 Å². The molecule has 0 spiro atoms. The van der Waals surface area contributed by atoms with Gasteiger partial charge < -0.3 is 9.09 Å². The molecule has 0 saturated heterocycles. The molecule has 0 fully saturated rings. The van der Waals surface area contributed by atoms with Gasteiger partial charge in [-0.15, -0.1) is 11.3 Å². The molecule has 6 nitrogen and oxygen atoms in total. The van der Waals surface area contributed by atoms with Gasteiger partial charge in [0.05, 0.1) is 0 Å². The number of hydrogen-bond donors (Lipinski definition) is 0. The first-order chi connectivity index (χ1) is 14.2. The van der Waals surface area contributed by atoms with E-state index in [4.69, 9.17) is 4.52 Å². The Balaban J connectivity index is 1.40. The van der Waals surface area contributed by atoms with Crippen LogP contribution in [-0.4, -0.2) is 20.6 Å². The summed E-state index contributed by atoms with van der Waals surface area (Å²) in [5.74, 6) is 0.759. The zero-order valence-electron chi connectivity index (χ0n) is 16.0. The van der Waals surface area contributed by atoms with Crippen LogP contribution in [0.2, 0.25) is 0 Å². The minimum absolute atomic E-state index is 0.204. The zero-order chi connectivity index (χ0) is 20.1. The van der Waals surface area contributed by atoms with Crippen LogP contribution in [0.15, 0.2) is 75.7 Å². The van der Waals surface area contributed by atoms with Crippen LogP contribution in [0.25, 0.3) is 11.4 Å². The third-order valence-corrected chi connectivity index (χ3v) is 5.20. The monoisotopic (exact) mass is 404 g/mol. The first-order valence-electron chi connectivity index (χ1n) is 9.32. The van der Waals surface area contributed by atoms with Gasteiger partial charge in [-0.25, -0.2) is 0 Å². The Labute approximate surface area is 172 Å². The molecule has 2 aromatic carbocycles. The molecular weight excluding hydrogens is 384 g/mol. The summed E-state index contributed by atoms with van der Waals surface area (Å²) in [5, 5.41) is 5.91. The highest BCUT2D eigenvalue weighted by molar-refractivity contribution is 7.07. The van der Waals surface area contributed by atoms with E-state index in [2.05, 4.69) is 46.3 Å². The number of aryl methyl sites for hydroxylation is 2. The molecule has 0 radical (unpaired) electrons. The third kappa shape index (κ3) is 4.94. The first kappa shape index (κ1) is 19.0. The number of benzene rings is 2. The van der Waals surface area contributed by atoms with Crippen LogP contribution in [0.1, 0.15) is 23.4 Å². The van der Waals surface area contributed by atoms with Crippen molar-refractivity contribution >= 4 is 17.2 Å². The lowest BCUT2D eigenvalue weighted by Gasteiger charge is -2.03. The maximum absolute atomic E-state index is 12.3. The van der Waals surface area contributed by atoms with Crippen LogP contribution >= 0.6 is 11.3 Å². The molecule has 2 heterocycles. The van der Waals surface area contributed by atoms with Crippen molar-refractivity contribution in [1.29, 1.82) is 0 Å². The van der Waals surface area contributed by atoms with E-state index in [1.54, 1.807) is 0 Å². The molecule has 0 aliphatic carbocycles. The quantitative estimate of drug-likeness (QED) is 0.487. The molecule has 7 heteroatoms. The van der Waals surface area contributed by atoms with Gasteiger partial charge in [0.15, 0.2) is 4.80 Å². The number of aromatic nitrogens is 3. The predicted molar refractivity (Wildman–Crippen MR) is 111 cm³/mol. The second-order valence-electron chi connectivity index (χ2n) is 6.68. The molecule has 0 aliphatic heterocycles. The minimum atomic E-state index is -0.204. The van der Waals surface area contributed by atoms with E-state index in [0.717, 1.165) is 5.56 Å². The number of rotatable bonds is 6. The predicted octanol–water partition coefficient (Wildman–Crippen LogP) is 4.02. The van der Waals surface area contributed by atoms with E-state index in [9.17, 15) is 4.79 Å².